The van der Waals surface area contributed by atoms with Gasteiger partial charge in [-0.25, -0.2) is 0 Å². The number of hydrogen-bond acceptors (Lipinski definition) is 5. The molecule has 0 amide bonds. The molecule has 6 aromatic rings. The van der Waals surface area contributed by atoms with Crippen molar-refractivity contribution in [1.29, 1.82) is 0 Å². The molecule has 3 unspecified atom stereocenters. The molecule has 3 atom stereocenters. The van der Waals surface area contributed by atoms with E-state index in [0.717, 1.165) is 76.0 Å². The Kier molecular flexibility index (Phi) is 22.8. The van der Waals surface area contributed by atoms with Gasteiger partial charge in [0.2, 0.25) is 0 Å². The normalized spacial score (nSPS) is 14.6. The molecule has 0 radical (unpaired) electrons. The summed E-state index contributed by atoms with van der Waals surface area (Å²) in [6.45, 7) is 2.02. The zero-order valence-electron chi connectivity index (χ0n) is 39.5. The quantitative estimate of drug-likeness (QED) is 0.0869. The van der Waals surface area contributed by atoms with Crippen LogP contribution in [0.5, 0.6) is 17.2 Å². The minimum Gasteiger partial charge on any atom is -0.428 e. The molecule has 0 bridgehead atoms. The lowest BCUT2D eigenvalue weighted by molar-refractivity contribution is -0.253. The molecule has 5 nitrogen and oxygen atoms in total. The molecule has 22 heteroatoms. The number of nitrogens with two attached hydrogens (primary N) is 1. The first-order valence-corrected chi connectivity index (χ1v) is 26.6. The summed E-state index contributed by atoms with van der Waals surface area (Å²) in [5.74, 6) is -0.732. The highest BCUT2D eigenvalue weighted by Gasteiger charge is 2.45. The van der Waals surface area contributed by atoms with Crippen LogP contribution in [0.3, 0.4) is 0 Å². The monoisotopic (exact) mass is 1380 g/mol. The van der Waals surface area contributed by atoms with Gasteiger partial charge in [0, 0.05) is 41.1 Å². The van der Waals surface area contributed by atoms with Gasteiger partial charge >= 0.3 is 37.6 Å². The number of anilines is 1. The third-order valence-corrected chi connectivity index (χ3v) is 15.5. The summed E-state index contributed by atoms with van der Waals surface area (Å²) in [7, 11) is 1.98. The first-order chi connectivity index (χ1) is 35.2. The Balaban J connectivity index is 0.000000208. The van der Waals surface area contributed by atoms with E-state index in [0.29, 0.717) is 18.4 Å². The molecule has 0 aliphatic carbocycles. The van der Waals surface area contributed by atoms with Crippen LogP contribution in [-0.4, -0.2) is 44.6 Å². The van der Waals surface area contributed by atoms with Crippen LogP contribution in [0.15, 0.2) is 150 Å². The molecular weight excluding hydrogens is 1340 g/mol. The Hall–Kier alpha value is -3.96. The molecule has 1 aliphatic rings. The fourth-order valence-corrected chi connectivity index (χ4v) is 11.0. The lowest BCUT2D eigenvalue weighted by atomic mass is 9.92. The summed E-state index contributed by atoms with van der Waals surface area (Å²) in [5.41, 5.74) is 13.3. The van der Waals surface area contributed by atoms with E-state index in [9.17, 15) is 52.7 Å². The number of nitrogens with zero attached hydrogens (tertiary/aromatic N) is 1. The van der Waals surface area contributed by atoms with Crippen LogP contribution < -0.4 is 24.8 Å². The van der Waals surface area contributed by atoms with Gasteiger partial charge in [0.05, 0.1) is 6.04 Å². The predicted molar refractivity (Wildman–Crippen MR) is 283 cm³/mol. The molecule has 0 fully saturated rings. The van der Waals surface area contributed by atoms with Gasteiger partial charge < -0.3 is 24.8 Å². The van der Waals surface area contributed by atoms with Crippen LogP contribution in [0.4, 0.5) is 58.4 Å². The van der Waals surface area contributed by atoms with Gasteiger partial charge in [0.25, 0.3) is 0 Å². The average molecular weight is 1390 g/mol. The Morgan fingerprint density at radius 3 is 1.29 bits per heavy atom. The number of rotatable bonds is 18. The molecule has 0 saturated heterocycles. The van der Waals surface area contributed by atoms with Crippen molar-refractivity contribution in [3.05, 3.63) is 183 Å². The number of hydrogen-bond donors (Lipinski definition) is 1. The lowest BCUT2D eigenvalue weighted by Gasteiger charge is -2.37. The highest BCUT2D eigenvalue weighted by Crippen LogP contribution is 2.41. The lowest BCUT2D eigenvalue weighted by Crippen LogP contribution is -2.33. The van der Waals surface area contributed by atoms with Crippen molar-refractivity contribution in [1.82, 2.24) is 0 Å². The third kappa shape index (κ3) is 17.5. The number of alkyl halides is 12. The minimum atomic E-state index is -4.52. The highest BCUT2D eigenvalue weighted by atomic mass is 79.9. The second-order valence-electron chi connectivity index (χ2n) is 17.0. The minimum absolute atomic E-state index is 0.0754. The molecule has 75 heavy (non-hydrogen) atoms. The van der Waals surface area contributed by atoms with Crippen molar-refractivity contribution >= 4 is 85.3 Å². The van der Waals surface area contributed by atoms with E-state index in [1.54, 1.807) is 24.3 Å². The van der Waals surface area contributed by atoms with Gasteiger partial charge in [0.15, 0.2) is 0 Å². The van der Waals surface area contributed by atoms with Crippen LogP contribution >= 0.6 is 79.6 Å². The van der Waals surface area contributed by atoms with Crippen molar-refractivity contribution in [3.8, 4) is 17.2 Å². The van der Waals surface area contributed by atoms with E-state index in [4.69, 9.17) is 5.73 Å². The average Bonchev–Trinajstić information content (AvgIpc) is 3.34. The van der Waals surface area contributed by atoms with Crippen molar-refractivity contribution in [2.45, 2.75) is 101 Å². The summed E-state index contributed by atoms with van der Waals surface area (Å²) < 4.78 is 168. The summed E-state index contributed by atoms with van der Waals surface area (Å²) >= 11 is 17.6. The highest BCUT2D eigenvalue weighted by molar-refractivity contribution is 9.11. The summed E-state index contributed by atoms with van der Waals surface area (Å²) in [6, 6.07) is 34.5. The number of ether oxygens (including phenoxy) is 3. The predicted octanol–water partition coefficient (Wildman–Crippen LogP) is 19.1. The van der Waals surface area contributed by atoms with Gasteiger partial charge in [-0.3, -0.25) is 0 Å². The van der Waals surface area contributed by atoms with Crippen molar-refractivity contribution < 1.29 is 66.9 Å². The smallest absolute Gasteiger partial charge is 0.428 e. The van der Waals surface area contributed by atoms with Crippen LogP contribution in [0.1, 0.15) is 77.6 Å². The van der Waals surface area contributed by atoms with Gasteiger partial charge in [-0.05, 0) is 151 Å². The van der Waals surface area contributed by atoms with Gasteiger partial charge in [-0.1, -0.05) is 141 Å². The summed E-state index contributed by atoms with van der Waals surface area (Å²) in [4.78, 5) is 2.13. The maximum atomic E-state index is 13.0. The zero-order valence-corrected chi connectivity index (χ0v) is 47.4. The van der Waals surface area contributed by atoms with E-state index in [2.05, 4.69) is 98.8 Å². The standard InChI is InChI=1S/C18H16Br2F4O.C18H16BrF4NO.C17H15Br2F4NO/c1-11(5-10-14-15(19)3-2-4-16(14)20)12-6-8-13(9-7-12)25-18(23,24)17(21)22;1-24-15(10-9-13-14(19)3-2-4-16(13)24)11-5-7-12(8-6-11)25-18(22,23)17(20)21;18-13-2-1-3-14(19)12(13)8-9-15(24)10-4-6-11(7-5-10)25-17(22,23)16(20)21/h2-4,6-9,11,17H,5,10H2,1H3;2-8,15,17H,9-10H2,1H3;1-7,15-16H,8-9,24H2. The first-order valence-electron chi connectivity index (χ1n) is 22.7. The summed E-state index contributed by atoms with van der Waals surface area (Å²) in [5, 5.41) is 0. The molecule has 406 valence electrons. The van der Waals surface area contributed by atoms with Crippen molar-refractivity contribution in [2.75, 3.05) is 11.9 Å². The Bertz CT molecular complexity index is 2600. The van der Waals surface area contributed by atoms with Gasteiger partial charge in [-0.2, -0.15) is 52.7 Å². The number of halogens is 17. The zero-order chi connectivity index (χ0) is 55.4. The fourth-order valence-electron chi connectivity index (χ4n) is 7.70. The SMILES string of the molecule is CC(CCc1c(Br)cccc1Br)c1ccc(OC(F)(F)C(F)F)cc1.CN1c2cccc(Br)c2CCC1c1ccc(OC(F)(F)C(F)F)cc1.NC(CCc1c(Br)cccc1Br)c1ccc(OC(F)(F)C(F)F)cc1. The van der Waals surface area contributed by atoms with Crippen LogP contribution in [-0.2, 0) is 19.3 Å². The maximum Gasteiger partial charge on any atom is 0.461 e. The topological polar surface area (TPSA) is 57.0 Å². The van der Waals surface area contributed by atoms with Gasteiger partial charge in [-0.15, -0.1) is 0 Å². The Labute approximate surface area is 468 Å². The van der Waals surface area contributed by atoms with Crippen molar-refractivity contribution in [3.63, 3.8) is 0 Å². The molecule has 0 spiro atoms. The third-order valence-electron chi connectivity index (χ3n) is 11.8. The Morgan fingerprint density at radius 2 is 0.880 bits per heavy atom. The Morgan fingerprint density at radius 1 is 0.520 bits per heavy atom. The van der Waals surface area contributed by atoms with Crippen LogP contribution in [0.2, 0.25) is 0 Å². The fraction of sp³-hybridized carbons (Fsp3) is 0.321. The summed E-state index contributed by atoms with van der Waals surface area (Å²) in [6.07, 6.45) is -20.4. The molecule has 7 rings (SSSR count). The van der Waals surface area contributed by atoms with Gasteiger partial charge in [0.1, 0.15) is 17.2 Å². The second kappa shape index (κ2) is 27.6. The molecular formula is C53H47Br5F12N2O3. The van der Waals surface area contributed by atoms with E-state index >= 15 is 0 Å². The van der Waals surface area contributed by atoms with Crippen LogP contribution in [0.25, 0.3) is 0 Å². The molecule has 0 aromatic heterocycles. The van der Waals surface area contributed by atoms with E-state index < -0.39 is 37.6 Å². The number of benzene rings is 6. The molecule has 0 saturated carbocycles. The van der Waals surface area contributed by atoms with Crippen molar-refractivity contribution in [2.24, 2.45) is 5.73 Å². The number of fused-ring (bicyclic) bond motifs is 1. The molecule has 1 aliphatic heterocycles. The van der Waals surface area contributed by atoms with E-state index in [-0.39, 0.29) is 35.3 Å². The molecule has 1 heterocycles. The first kappa shape index (κ1) is 61.9. The second-order valence-corrected chi connectivity index (χ2v) is 21.3. The van der Waals surface area contributed by atoms with E-state index in [1.807, 2.05) is 68.6 Å². The maximum absolute atomic E-state index is 13.0. The largest absolute Gasteiger partial charge is 0.461 e. The molecule has 6 aromatic carbocycles. The van der Waals surface area contributed by atoms with Crippen LogP contribution in [0, 0.1) is 0 Å². The van der Waals surface area contributed by atoms with E-state index in [1.165, 1.54) is 54.1 Å². The molecule has 2 N–H and O–H groups in total.